The highest BCUT2D eigenvalue weighted by Gasteiger charge is 2.34. The van der Waals surface area contributed by atoms with E-state index in [0.29, 0.717) is 18.7 Å². The number of hydrogen-bond acceptors (Lipinski definition) is 3. The molecule has 0 aromatic carbocycles. The van der Waals surface area contributed by atoms with Gasteiger partial charge in [-0.2, -0.15) is 5.10 Å². The number of carbonyl (C=O) groups is 2. The molecule has 0 radical (unpaired) electrons. The van der Waals surface area contributed by atoms with E-state index in [1.54, 1.807) is 11.0 Å². The SMILES string of the molecule is CCc1cc(C(=O)NC2CCN(C(C)C)C2=O)n[nH]1. The molecule has 0 saturated carbocycles. The maximum atomic E-state index is 12.1. The number of rotatable bonds is 4. The van der Waals surface area contributed by atoms with Gasteiger partial charge in [0.15, 0.2) is 0 Å². The smallest absolute Gasteiger partial charge is 0.272 e. The number of H-pyrrole nitrogens is 1. The van der Waals surface area contributed by atoms with Gasteiger partial charge < -0.3 is 10.2 Å². The highest BCUT2D eigenvalue weighted by molar-refractivity contribution is 5.96. The topological polar surface area (TPSA) is 78.1 Å². The summed E-state index contributed by atoms with van der Waals surface area (Å²) < 4.78 is 0. The molecular formula is C13H20N4O2. The van der Waals surface area contributed by atoms with Gasteiger partial charge in [0.2, 0.25) is 5.91 Å². The monoisotopic (exact) mass is 264 g/mol. The molecular weight excluding hydrogens is 244 g/mol. The number of carbonyl (C=O) groups excluding carboxylic acids is 2. The van der Waals surface area contributed by atoms with E-state index in [9.17, 15) is 9.59 Å². The quantitative estimate of drug-likeness (QED) is 0.840. The molecule has 1 aromatic rings. The number of likely N-dealkylation sites (tertiary alicyclic amines) is 1. The summed E-state index contributed by atoms with van der Waals surface area (Å²) in [6.45, 7) is 6.63. The molecule has 1 aromatic heterocycles. The molecule has 0 bridgehead atoms. The number of nitrogens with one attached hydrogen (secondary N) is 2. The Kier molecular flexibility index (Phi) is 3.87. The maximum Gasteiger partial charge on any atom is 0.272 e. The fourth-order valence-electron chi connectivity index (χ4n) is 2.24. The Balaban J connectivity index is 1.98. The summed E-state index contributed by atoms with van der Waals surface area (Å²) in [4.78, 5) is 25.8. The minimum Gasteiger partial charge on any atom is -0.339 e. The zero-order chi connectivity index (χ0) is 14.0. The molecule has 0 spiro atoms. The fraction of sp³-hybridized carbons (Fsp3) is 0.615. The predicted molar refractivity (Wildman–Crippen MR) is 70.7 cm³/mol. The zero-order valence-corrected chi connectivity index (χ0v) is 11.6. The second-order valence-electron chi connectivity index (χ2n) is 5.07. The van der Waals surface area contributed by atoms with Crippen LogP contribution < -0.4 is 5.32 Å². The van der Waals surface area contributed by atoms with Crippen LogP contribution in [0.2, 0.25) is 0 Å². The van der Waals surface area contributed by atoms with Gasteiger partial charge in [-0.3, -0.25) is 14.7 Å². The van der Waals surface area contributed by atoms with E-state index in [0.717, 1.165) is 12.1 Å². The number of aryl methyl sites for hydroxylation is 1. The summed E-state index contributed by atoms with van der Waals surface area (Å²) in [7, 11) is 0. The molecule has 6 nitrogen and oxygen atoms in total. The van der Waals surface area contributed by atoms with E-state index in [1.165, 1.54) is 0 Å². The molecule has 1 fully saturated rings. The Labute approximate surface area is 112 Å². The van der Waals surface area contributed by atoms with Crippen LogP contribution in [0.5, 0.6) is 0 Å². The van der Waals surface area contributed by atoms with Gasteiger partial charge in [-0.25, -0.2) is 0 Å². The van der Waals surface area contributed by atoms with Gasteiger partial charge >= 0.3 is 0 Å². The van der Waals surface area contributed by atoms with E-state index in [4.69, 9.17) is 0 Å². The summed E-state index contributed by atoms with van der Waals surface area (Å²) in [5.41, 5.74) is 1.25. The van der Waals surface area contributed by atoms with Crippen molar-refractivity contribution in [3.8, 4) is 0 Å². The van der Waals surface area contributed by atoms with Crippen LogP contribution in [0, 0.1) is 0 Å². The Morgan fingerprint density at radius 3 is 2.89 bits per heavy atom. The molecule has 2 rings (SSSR count). The molecule has 1 saturated heterocycles. The molecule has 1 unspecified atom stereocenters. The van der Waals surface area contributed by atoms with Gasteiger partial charge in [0.05, 0.1) is 0 Å². The number of aromatic nitrogens is 2. The molecule has 1 atom stereocenters. The molecule has 1 aliphatic heterocycles. The van der Waals surface area contributed by atoms with E-state index in [-0.39, 0.29) is 17.9 Å². The molecule has 1 aliphatic rings. The lowest BCUT2D eigenvalue weighted by Gasteiger charge is -2.20. The Morgan fingerprint density at radius 1 is 1.63 bits per heavy atom. The average Bonchev–Trinajstić information content (AvgIpc) is 2.97. The van der Waals surface area contributed by atoms with Gasteiger partial charge in [-0.05, 0) is 32.8 Å². The minimum atomic E-state index is -0.420. The van der Waals surface area contributed by atoms with Crippen LogP contribution in [-0.4, -0.2) is 45.5 Å². The number of amides is 2. The third-order valence-electron chi connectivity index (χ3n) is 3.41. The first kappa shape index (κ1) is 13.6. The Bertz CT molecular complexity index is 481. The van der Waals surface area contributed by atoms with Gasteiger partial charge in [0.1, 0.15) is 11.7 Å². The lowest BCUT2D eigenvalue weighted by Crippen LogP contribution is -2.43. The van der Waals surface area contributed by atoms with Crippen molar-refractivity contribution in [2.75, 3.05) is 6.54 Å². The standard InChI is InChI=1S/C13H20N4O2/c1-4-9-7-11(16-15-9)12(18)14-10-5-6-17(8(2)3)13(10)19/h7-8,10H,4-6H2,1-3H3,(H,14,18)(H,15,16). The van der Waals surface area contributed by atoms with Gasteiger partial charge in [0.25, 0.3) is 5.91 Å². The molecule has 2 heterocycles. The highest BCUT2D eigenvalue weighted by atomic mass is 16.2. The molecule has 19 heavy (non-hydrogen) atoms. The van der Waals surface area contributed by atoms with Crippen molar-refractivity contribution in [2.24, 2.45) is 0 Å². The van der Waals surface area contributed by atoms with Crippen LogP contribution in [0.1, 0.15) is 43.4 Å². The molecule has 2 amide bonds. The van der Waals surface area contributed by atoms with Crippen molar-refractivity contribution in [1.29, 1.82) is 0 Å². The van der Waals surface area contributed by atoms with Crippen LogP contribution in [0.15, 0.2) is 6.07 Å². The molecule has 0 aliphatic carbocycles. The lowest BCUT2D eigenvalue weighted by molar-refractivity contribution is -0.130. The van der Waals surface area contributed by atoms with Crippen molar-refractivity contribution >= 4 is 11.8 Å². The Morgan fingerprint density at radius 2 is 2.37 bits per heavy atom. The van der Waals surface area contributed by atoms with Crippen molar-refractivity contribution in [3.63, 3.8) is 0 Å². The second-order valence-corrected chi connectivity index (χ2v) is 5.07. The van der Waals surface area contributed by atoms with Gasteiger partial charge in [-0.15, -0.1) is 0 Å². The normalized spacial score (nSPS) is 19.3. The predicted octanol–water partition coefficient (Wildman–Crippen LogP) is 0.711. The van der Waals surface area contributed by atoms with Gasteiger partial charge in [-0.1, -0.05) is 6.92 Å². The van der Waals surface area contributed by atoms with Crippen LogP contribution >= 0.6 is 0 Å². The number of hydrogen-bond donors (Lipinski definition) is 2. The van der Waals surface area contributed by atoms with Crippen LogP contribution in [0.3, 0.4) is 0 Å². The van der Waals surface area contributed by atoms with Crippen LogP contribution in [0.25, 0.3) is 0 Å². The third kappa shape index (κ3) is 2.77. The summed E-state index contributed by atoms with van der Waals surface area (Å²) in [6, 6.07) is 1.47. The first-order valence-corrected chi connectivity index (χ1v) is 6.68. The summed E-state index contributed by atoms with van der Waals surface area (Å²) in [5, 5.41) is 9.49. The molecule has 6 heteroatoms. The minimum absolute atomic E-state index is 0.00500. The van der Waals surface area contributed by atoms with Crippen LogP contribution in [-0.2, 0) is 11.2 Å². The summed E-state index contributed by atoms with van der Waals surface area (Å²) >= 11 is 0. The molecule has 2 N–H and O–H groups in total. The van der Waals surface area contributed by atoms with E-state index >= 15 is 0 Å². The third-order valence-corrected chi connectivity index (χ3v) is 3.41. The summed E-state index contributed by atoms with van der Waals surface area (Å²) in [5.74, 6) is -0.297. The van der Waals surface area contributed by atoms with E-state index in [1.807, 2.05) is 20.8 Å². The number of aromatic amines is 1. The van der Waals surface area contributed by atoms with Crippen molar-refractivity contribution < 1.29 is 9.59 Å². The first-order chi connectivity index (χ1) is 9.02. The fourth-order valence-corrected chi connectivity index (χ4v) is 2.24. The van der Waals surface area contributed by atoms with Crippen molar-refractivity contribution in [1.82, 2.24) is 20.4 Å². The maximum absolute atomic E-state index is 12.1. The van der Waals surface area contributed by atoms with E-state index in [2.05, 4.69) is 15.5 Å². The highest BCUT2D eigenvalue weighted by Crippen LogP contribution is 2.14. The van der Waals surface area contributed by atoms with E-state index < -0.39 is 6.04 Å². The average molecular weight is 264 g/mol. The summed E-state index contributed by atoms with van der Waals surface area (Å²) in [6.07, 6.45) is 1.46. The Hall–Kier alpha value is -1.85. The largest absolute Gasteiger partial charge is 0.339 e. The first-order valence-electron chi connectivity index (χ1n) is 6.68. The molecule has 104 valence electrons. The number of nitrogens with zero attached hydrogens (tertiary/aromatic N) is 2. The van der Waals surface area contributed by atoms with Crippen molar-refractivity contribution in [2.45, 2.75) is 45.7 Å². The second kappa shape index (κ2) is 5.42. The van der Waals surface area contributed by atoms with Crippen LogP contribution in [0.4, 0.5) is 0 Å². The lowest BCUT2D eigenvalue weighted by atomic mass is 10.2. The van der Waals surface area contributed by atoms with Gasteiger partial charge in [0, 0.05) is 18.3 Å². The van der Waals surface area contributed by atoms with Crippen molar-refractivity contribution in [3.05, 3.63) is 17.5 Å². The zero-order valence-electron chi connectivity index (χ0n) is 11.6.